The quantitative estimate of drug-likeness (QED) is 0.574. The lowest BCUT2D eigenvalue weighted by Gasteiger charge is -2.29. The van der Waals surface area contributed by atoms with Crippen LogP contribution in [-0.4, -0.2) is 37.7 Å². The molecule has 1 aliphatic rings. The molecule has 0 heterocycles. The molecule has 1 saturated carbocycles. The number of rotatable bonds is 6. The highest BCUT2D eigenvalue weighted by Gasteiger charge is 2.23. The molecule has 0 spiro atoms. The molecule has 0 radical (unpaired) electrons. The Kier molecular flexibility index (Phi) is 7.98. The van der Waals surface area contributed by atoms with Crippen LogP contribution >= 0.6 is 0 Å². The number of ether oxygens (including phenoxy) is 2. The van der Waals surface area contributed by atoms with Gasteiger partial charge in [0.1, 0.15) is 0 Å². The average Bonchev–Trinajstić information content (AvgIpc) is 2.66. The Morgan fingerprint density at radius 3 is 2.68 bits per heavy atom. The molecule has 28 heavy (non-hydrogen) atoms. The summed E-state index contributed by atoms with van der Waals surface area (Å²) in [6, 6.07) is 3.64. The van der Waals surface area contributed by atoms with E-state index in [0.717, 1.165) is 31.8 Å². The number of carbonyl (C=O) groups is 3. The van der Waals surface area contributed by atoms with Gasteiger partial charge in [0, 0.05) is 12.1 Å². The number of halogens is 1. The van der Waals surface area contributed by atoms with Crippen LogP contribution in [0.25, 0.3) is 6.08 Å². The number of amides is 3. The minimum absolute atomic E-state index is 0.0388. The fourth-order valence-corrected chi connectivity index (χ4v) is 3.03. The summed E-state index contributed by atoms with van der Waals surface area (Å²) in [4.78, 5) is 35.3. The maximum Gasteiger partial charge on any atom is 0.331 e. The molecule has 2 N–H and O–H groups in total. The number of esters is 1. The second-order valence-electron chi connectivity index (χ2n) is 6.72. The van der Waals surface area contributed by atoms with Gasteiger partial charge in [-0.25, -0.2) is 14.0 Å². The Morgan fingerprint density at radius 2 is 2.00 bits per heavy atom. The van der Waals surface area contributed by atoms with Crippen LogP contribution in [0.2, 0.25) is 0 Å². The van der Waals surface area contributed by atoms with Crippen LogP contribution in [0.4, 0.5) is 9.18 Å². The van der Waals surface area contributed by atoms with Gasteiger partial charge in [0.15, 0.2) is 18.2 Å². The van der Waals surface area contributed by atoms with Crippen molar-refractivity contribution in [3.8, 4) is 5.75 Å². The van der Waals surface area contributed by atoms with Gasteiger partial charge in [0.2, 0.25) is 0 Å². The molecule has 1 fully saturated rings. The first-order valence-corrected chi connectivity index (χ1v) is 9.17. The maximum absolute atomic E-state index is 13.6. The van der Waals surface area contributed by atoms with E-state index in [-0.39, 0.29) is 11.8 Å². The monoisotopic (exact) mass is 392 g/mol. The lowest BCUT2D eigenvalue weighted by atomic mass is 9.86. The van der Waals surface area contributed by atoms with Crippen molar-refractivity contribution in [3.05, 3.63) is 35.7 Å². The van der Waals surface area contributed by atoms with E-state index in [1.807, 2.05) is 0 Å². The molecule has 1 aromatic rings. The lowest BCUT2D eigenvalue weighted by molar-refractivity contribution is -0.143. The van der Waals surface area contributed by atoms with E-state index in [9.17, 15) is 18.8 Å². The fourth-order valence-electron chi connectivity index (χ4n) is 3.03. The molecule has 0 saturated heterocycles. The van der Waals surface area contributed by atoms with Crippen LogP contribution < -0.4 is 15.4 Å². The Labute approximate surface area is 163 Å². The van der Waals surface area contributed by atoms with Crippen LogP contribution in [0, 0.1) is 11.7 Å². The molecule has 7 nitrogen and oxygen atoms in total. The number of imide groups is 1. The molecule has 1 aliphatic carbocycles. The van der Waals surface area contributed by atoms with Gasteiger partial charge in [-0.15, -0.1) is 0 Å². The number of methoxy groups -OCH3 is 1. The van der Waals surface area contributed by atoms with Crippen molar-refractivity contribution in [1.29, 1.82) is 0 Å². The smallest absolute Gasteiger partial charge is 0.331 e. The van der Waals surface area contributed by atoms with Crippen molar-refractivity contribution in [2.45, 2.75) is 38.6 Å². The predicted molar refractivity (Wildman–Crippen MR) is 101 cm³/mol. The Morgan fingerprint density at radius 1 is 1.25 bits per heavy atom. The van der Waals surface area contributed by atoms with Crippen molar-refractivity contribution in [1.82, 2.24) is 10.6 Å². The molecule has 0 aromatic heterocycles. The molecule has 3 amide bonds. The van der Waals surface area contributed by atoms with E-state index < -0.39 is 30.3 Å². The molecule has 8 heteroatoms. The van der Waals surface area contributed by atoms with Crippen LogP contribution in [0.5, 0.6) is 5.75 Å². The van der Waals surface area contributed by atoms with E-state index >= 15 is 0 Å². The van der Waals surface area contributed by atoms with Crippen molar-refractivity contribution in [2.75, 3.05) is 13.7 Å². The summed E-state index contributed by atoms with van der Waals surface area (Å²) in [5, 5.41) is 4.92. The van der Waals surface area contributed by atoms with Gasteiger partial charge in [-0.2, -0.15) is 0 Å². The zero-order chi connectivity index (χ0) is 20.5. The summed E-state index contributed by atoms with van der Waals surface area (Å²) in [5.41, 5.74) is 0.431. The first-order chi connectivity index (χ1) is 13.4. The van der Waals surface area contributed by atoms with Gasteiger partial charge >= 0.3 is 12.0 Å². The summed E-state index contributed by atoms with van der Waals surface area (Å²) < 4.78 is 23.2. The van der Waals surface area contributed by atoms with Crippen molar-refractivity contribution in [2.24, 2.45) is 5.92 Å². The fraction of sp³-hybridized carbons (Fsp3) is 0.450. The maximum atomic E-state index is 13.6. The third kappa shape index (κ3) is 6.68. The van der Waals surface area contributed by atoms with E-state index in [2.05, 4.69) is 17.6 Å². The summed E-state index contributed by atoms with van der Waals surface area (Å²) >= 11 is 0. The highest BCUT2D eigenvalue weighted by atomic mass is 19.1. The first kappa shape index (κ1) is 21.4. The molecule has 0 unspecified atom stereocenters. The zero-order valence-electron chi connectivity index (χ0n) is 16.0. The SMILES string of the molecule is COc1ccc(/C=C/C(=O)OCC(=O)NC(=O)N[C@@H]2CCCC[C@@H]2C)cc1F. The van der Waals surface area contributed by atoms with E-state index in [0.29, 0.717) is 11.5 Å². The molecule has 0 aliphatic heterocycles. The second kappa shape index (κ2) is 10.4. The summed E-state index contributed by atoms with van der Waals surface area (Å²) in [6.07, 6.45) is 6.53. The van der Waals surface area contributed by atoms with Crippen molar-refractivity contribution >= 4 is 24.0 Å². The zero-order valence-corrected chi connectivity index (χ0v) is 16.0. The van der Waals surface area contributed by atoms with Crippen LogP contribution in [-0.2, 0) is 14.3 Å². The third-order valence-electron chi connectivity index (χ3n) is 4.61. The molecule has 2 atom stereocenters. The third-order valence-corrected chi connectivity index (χ3v) is 4.61. The van der Waals surface area contributed by atoms with Crippen molar-refractivity contribution in [3.63, 3.8) is 0 Å². The number of nitrogens with one attached hydrogen (secondary N) is 2. The highest BCUT2D eigenvalue weighted by molar-refractivity contribution is 5.96. The Balaban J connectivity index is 1.73. The van der Waals surface area contributed by atoms with Gasteiger partial charge < -0.3 is 14.8 Å². The average molecular weight is 392 g/mol. The van der Waals surface area contributed by atoms with Crippen LogP contribution in [0.1, 0.15) is 38.2 Å². The van der Waals surface area contributed by atoms with E-state index in [1.165, 1.54) is 25.3 Å². The molecule has 1 aromatic carbocycles. The van der Waals surface area contributed by atoms with Crippen LogP contribution in [0.15, 0.2) is 24.3 Å². The number of benzene rings is 1. The second-order valence-corrected chi connectivity index (χ2v) is 6.72. The van der Waals surface area contributed by atoms with Gasteiger partial charge in [-0.3, -0.25) is 10.1 Å². The predicted octanol–water partition coefficient (Wildman–Crippen LogP) is 2.80. The van der Waals surface area contributed by atoms with Crippen molar-refractivity contribution < 1.29 is 28.2 Å². The largest absolute Gasteiger partial charge is 0.494 e. The number of hydrogen-bond donors (Lipinski definition) is 2. The molecule has 152 valence electrons. The summed E-state index contributed by atoms with van der Waals surface area (Å²) in [5.74, 6) is -1.61. The normalized spacial score (nSPS) is 19.1. The topological polar surface area (TPSA) is 93.7 Å². The van der Waals surface area contributed by atoms with Gasteiger partial charge in [-0.1, -0.05) is 25.8 Å². The molecular weight excluding hydrogens is 367 g/mol. The standard InChI is InChI=1S/C20H25FN2O5/c1-13-5-3-4-6-16(13)22-20(26)23-18(24)12-28-19(25)10-8-14-7-9-17(27-2)15(21)11-14/h7-11,13,16H,3-6,12H2,1-2H3,(H2,22,23,24,26)/b10-8+/t13-,16+/m0/s1. The van der Waals surface area contributed by atoms with Gasteiger partial charge in [0.25, 0.3) is 5.91 Å². The summed E-state index contributed by atoms with van der Waals surface area (Å²) in [7, 11) is 1.35. The first-order valence-electron chi connectivity index (χ1n) is 9.17. The summed E-state index contributed by atoms with van der Waals surface area (Å²) in [6.45, 7) is 1.47. The van der Waals surface area contributed by atoms with Gasteiger partial charge in [0.05, 0.1) is 7.11 Å². The van der Waals surface area contributed by atoms with E-state index in [4.69, 9.17) is 9.47 Å². The molecule has 0 bridgehead atoms. The minimum Gasteiger partial charge on any atom is -0.494 e. The minimum atomic E-state index is -0.785. The van der Waals surface area contributed by atoms with Gasteiger partial charge in [-0.05, 0) is 42.5 Å². The number of urea groups is 1. The Hall–Kier alpha value is -2.90. The number of hydrogen-bond acceptors (Lipinski definition) is 5. The van der Waals surface area contributed by atoms with E-state index in [1.54, 1.807) is 6.07 Å². The Bertz CT molecular complexity index is 750. The molecular formula is C20H25FN2O5. The highest BCUT2D eigenvalue weighted by Crippen LogP contribution is 2.23. The lowest BCUT2D eigenvalue weighted by Crippen LogP contribution is -2.48. The molecule has 2 rings (SSSR count). The number of carbonyl (C=O) groups excluding carboxylic acids is 3. The van der Waals surface area contributed by atoms with Crippen LogP contribution in [0.3, 0.4) is 0 Å².